The van der Waals surface area contributed by atoms with E-state index in [2.05, 4.69) is 25.2 Å². The summed E-state index contributed by atoms with van der Waals surface area (Å²) in [4.78, 5) is 29.5. The van der Waals surface area contributed by atoms with Crippen molar-refractivity contribution in [2.45, 2.75) is 13.0 Å². The Kier molecular flexibility index (Phi) is 5.39. The van der Waals surface area contributed by atoms with E-state index in [1.165, 1.54) is 6.26 Å². The van der Waals surface area contributed by atoms with E-state index in [1.54, 1.807) is 17.0 Å². The summed E-state index contributed by atoms with van der Waals surface area (Å²) in [7, 11) is 0. The summed E-state index contributed by atoms with van der Waals surface area (Å²) in [5.74, 6) is 1.47. The average molecular weight is 393 g/mol. The number of para-hydroxylation sites is 1. The number of hydrogen-bond donors (Lipinski definition) is 2. The maximum Gasteiger partial charge on any atom is 0.289 e. The fraction of sp³-hybridized carbons (Fsp3) is 0.300. The minimum atomic E-state index is -0.0824. The SMILES string of the molecule is CC(c1nc(N)nc(Nc2ccccc2)n1)N1CCN(C(=O)c2ccco2)CC1. The van der Waals surface area contributed by atoms with Gasteiger partial charge in [-0.2, -0.15) is 15.0 Å². The quantitative estimate of drug-likeness (QED) is 0.679. The molecule has 3 heterocycles. The molecule has 3 N–H and O–H groups in total. The lowest BCUT2D eigenvalue weighted by atomic mass is 10.2. The number of amides is 1. The molecule has 0 spiro atoms. The van der Waals surface area contributed by atoms with Crippen LogP contribution in [0.2, 0.25) is 0 Å². The van der Waals surface area contributed by atoms with Gasteiger partial charge in [0.15, 0.2) is 11.6 Å². The van der Waals surface area contributed by atoms with Gasteiger partial charge in [-0.25, -0.2) is 0 Å². The van der Waals surface area contributed by atoms with Gasteiger partial charge in [-0.3, -0.25) is 9.69 Å². The molecule has 0 radical (unpaired) electrons. The van der Waals surface area contributed by atoms with Crippen LogP contribution in [0, 0.1) is 0 Å². The number of carbonyl (C=O) groups excluding carboxylic acids is 1. The van der Waals surface area contributed by atoms with E-state index in [-0.39, 0.29) is 17.9 Å². The van der Waals surface area contributed by atoms with Crippen LogP contribution in [0.4, 0.5) is 17.6 Å². The first kappa shape index (κ1) is 18.9. The van der Waals surface area contributed by atoms with E-state index < -0.39 is 0 Å². The first-order chi connectivity index (χ1) is 14.1. The van der Waals surface area contributed by atoms with E-state index in [4.69, 9.17) is 10.2 Å². The number of furan rings is 1. The number of benzene rings is 1. The van der Waals surface area contributed by atoms with Crippen molar-refractivity contribution in [2.75, 3.05) is 37.2 Å². The molecule has 0 bridgehead atoms. The smallest absolute Gasteiger partial charge is 0.289 e. The maximum atomic E-state index is 12.4. The molecule has 1 aliphatic heterocycles. The molecule has 1 saturated heterocycles. The van der Waals surface area contributed by atoms with Crippen molar-refractivity contribution in [3.05, 3.63) is 60.3 Å². The number of nitrogen functional groups attached to an aromatic ring is 1. The standard InChI is InChI=1S/C20H23N7O2/c1-14(26-9-11-27(12-10-26)18(28)16-8-5-13-29-16)17-23-19(21)25-20(24-17)22-15-6-3-2-4-7-15/h2-8,13-14H,9-12H2,1H3,(H3,21,22,23,24,25). The fourth-order valence-corrected chi connectivity index (χ4v) is 3.33. The summed E-state index contributed by atoms with van der Waals surface area (Å²) in [5.41, 5.74) is 6.79. The van der Waals surface area contributed by atoms with Gasteiger partial charge in [0, 0.05) is 31.9 Å². The first-order valence-electron chi connectivity index (χ1n) is 9.50. The second kappa shape index (κ2) is 8.27. The fourth-order valence-electron chi connectivity index (χ4n) is 3.33. The highest BCUT2D eigenvalue weighted by atomic mass is 16.3. The molecule has 150 valence electrons. The lowest BCUT2D eigenvalue weighted by Crippen LogP contribution is -2.49. The zero-order valence-corrected chi connectivity index (χ0v) is 16.2. The van der Waals surface area contributed by atoms with Gasteiger partial charge < -0.3 is 20.4 Å². The Morgan fingerprint density at radius 3 is 2.52 bits per heavy atom. The zero-order chi connectivity index (χ0) is 20.2. The van der Waals surface area contributed by atoms with Crippen LogP contribution in [-0.2, 0) is 0 Å². The molecule has 3 aromatic rings. The van der Waals surface area contributed by atoms with Crippen LogP contribution >= 0.6 is 0 Å². The molecule has 1 unspecified atom stereocenters. The van der Waals surface area contributed by atoms with E-state index in [1.807, 2.05) is 37.3 Å². The normalized spacial score (nSPS) is 15.8. The van der Waals surface area contributed by atoms with E-state index >= 15 is 0 Å². The first-order valence-corrected chi connectivity index (χ1v) is 9.50. The second-order valence-corrected chi connectivity index (χ2v) is 6.85. The number of piperazine rings is 1. The monoisotopic (exact) mass is 393 g/mol. The predicted molar refractivity (Wildman–Crippen MR) is 109 cm³/mol. The molecule has 0 aliphatic carbocycles. The number of hydrogen-bond acceptors (Lipinski definition) is 8. The summed E-state index contributed by atoms with van der Waals surface area (Å²) in [5, 5.41) is 3.16. The van der Waals surface area contributed by atoms with Gasteiger partial charge >= 0.3 is 0 Å². The van der Waals surface area contributed by atoms with Gasteiger partial charge in [0.1, 0.15) is 0 Å². The summed E-state index contributed by atoms with van der Waals surface area (Å²) in [6.07, 6.45) is 1.51. The highest BCUT2D eigenvalue weighted by Gasteiger charge is 2.28. The van der Waals surface area contributed by atoms with Gasteiger partial charge in [-0.1, -0.05) is 18.2 Å². The molecule has 1 aromatic carbocycles. The molecule has 4 rings (SSSR count). The number of anilines is 3. The van der Waals surface area contributed by atoms with Gasteiger partial charge in [0.25, 0.3) is 5.91 Å². The van der Waals surface area contributed by atoms with E-state index in [0.717, 1.165) is 5.69 Å². The molecule has 0 saturated carbocycles. The maximum absolute atomic E-state index is 12.4. The van der Waals surface area contributed by atoms with Crippen molar-refractivity contribution in [2.24, 2.45) is 0 Å². The van der Waals surface area contributed by atoms with Crippen LogP contribution in [0.15, 0.2) is 53.1 Å². The average Bonchev–Trinajstić information content (AvgIpc) is 3.28. The van der Waals surface area contributed by atoms with Crippen molar-refractivity contribution in [1.82, 2.24) is 24.8 Å². The number of nitrogens with two attached hydrogens (primary N) is 1. The molecule has 1 amide bonds. The minimum Gasteiger partial charge on any atom is -0.459 e. The van der Waals surface area contributed by atoms with Crippen molar-refractivity contribution >= 4 is 23.5 Å². The van der Waals surface area contributed by atoms with Crippen LogP contribution in [0.1, 0.15) is 29.3 Å². The molecule has 2 aromatic heterocycles. The third-order valence-electron chi connectivity index (χ3n) is 4.95. The number of nitrogens with one attached hydrogen (secondary N) is 1. The van der Waals surface area contributed by atoms with E-state index in [9.17, 15) is 4.79 Å². The number of carbonyl (C=O) groups is 1. The Hall–Kier alpha value is -3.46. The summed E-state index contributed by atoms with van der Waals surface area (Å²) < 4.78 is 5.21. The molecule has 1 fully saturated rings. The second-order valence-electron chi connectivity index (χ2n) is 6.85. The molecular formula is C20H23N7O2. The molecule has 9 nitrogen and oxygen atoms in total. The van der Waals surface area contributed by atoms with Crippen molar-refractivity contribution in [3.8, 4) is 0 Å². The summed E-state index contributed by atoms with van der Waals surface area (Å²) in [6.45, 7) is 4.67. The third-order valence-corrected chi connectivity index (χ3v) is 4.95. The van der Waals surface area contributed by atoms with Gasteiger partial charge in [-0.15, -0.1) is 0 Å². The molecule has 1 aliphatic rings. The van der Waals surface area contributed by atoms with Gasteiger partial charge in [0.05, 0.1) is 12.3 Å². The Morgan fingerprint density at radius 2 is 1.83 bits per heavy atom. The summed E-state index contributed by atoms with van der Waals surface area (Å²) >= 11 is 0. The molecule has 1 atom stereocenters. The third kappa shape index (κ3) is 4.35. The Morgan fingerprint density at radius 1 is 1.07 bits per heavy atom. The van der Waals surface area contributed by atoms with Crippen LogP contribution < -0.4 is 11.1 Å². The molecular weight excluding hydrogens is 370 g/mol. The highest BCUT2D eigenvalue weighted by molar-refractivity contribution is 5.91. The van der Waals surface area contributed by atoms with Crippen LogP contribution in [0.3, 0.4) is 0 Å². The Labute approximate surface area is 168 Å². The largest absolute Gasteiger partial charge is 0.459 e. The Balaban J connectivity index is 1.42. The van der Waals surface area contributed by atoms with Crippen molar-refractivity contribution in [3.63, 3.8) is 0 Å². The van der Waals surface area contributed by atoms with Crippen molar-refractivity contribution in [1.29, 1.82) is 0 Å². The topological polar surface area (TPSA) is 113 Å². The molecule has 29 heavy (non-hydrogen) atoms. The highest BCUT2D eigenvalue weighted by Crippen LogP contribution is 2.22. The van der Waals surface area contributed by atoms with Gasteiger partial charge in [-0.05, 0) is 31.2 Å². The number of nitrogens with zero attached hydrogens (tertiary/aromatic N) is 5. The molecule has 9 heteroatoms. The Bertz CT molecular complexity index is 954. The minimum absolute atomic E-state index is 0.0579. The summed E-state index contributed by atoms with van der Waals surface area (Å²) in [6, 6.07) is 13.0. The van der Waals surface area contributed by atoms with E-state index in [0.29, 0.717) is 43.7 Å². The predicted octanol–water partition coefficient (Wildman–Crippen LogP) is 2.31. The number of rotatable bonds is 5. The number of aromatic nitrogens is 3. The van der Waals surface area contributed by atoms with Crippen LogP contribution in [-0.4, -0.2) is 56.8 Å². The van der Waals surface area contributed by atoms with Crippen LogP contribution in [0.5, 0.6) is 0 Å². The zero-order valence-electron chi connectivity index (χ0n) is 16.2. The van der Waals surface area contributed by atoms with Gasteiger partial charge in [0.2, 0.25) is 11.9 Å². The lowest BCUT2D eigenvalue weighted by Gasteiger charge is -2.37. The van der Waals surface area contributed by atoms with Crippen LogP contribution in [0.25, 0.3) is 0 Å². The lowest BCUT2D eigenvalue weighted by molar-refractivity contribution is 0.0547. The van der Waals surface area contributed by atoms with Crippen molar-refractivity contribution < 1.29 is 9.21 Å².